The molecule has 0 saturated carbocycles. The van der Waals surface area contributed by atoms with E-state index in [-0.39, 0.29) is 5.91 Å². The second-order valence-corrected chi connectivity index (χ2v) is 4.32. The SMILES string of the molecule is Cc1nc(CN(C)C(=O)CC2CNC2)n[nH]1. The third-order valence-corrected chi connectivity index (χ3v) is 2.78. The van der Waals surface area contributed by atoms with Crippen LogP contribution in [-0.2, 0) is 11.3 Å². The maximum Gasteiger partial charge on any atom is 0.223 e. The van der Waals surface area contributed by atoms with Crippen molar-refractivity contribution in [3.05, 3.63) is 11.6 Å². The fourth-order valence-corrected chi connectivity index (χ4v) is 1.66. The number of carbonyl (C=O) groups is 1. The zero-order valence-electron chi connectivity index (χ0n) is 9.66. The largest absolute Gasteiger partial charge is 0.338 e. The molecule has 1 aliphatic heterocycles. The highest BCUT2D eigenvalue weighted by atomic mass is 16.2. The van der Waals surface area contributed by atoms with Gasteiger partial charge in [-0.3, -0.25) is 9.89 Å². The van der Waals surface area contributed by atoms with Gasteiger partial charge in [-0.2, -0.15) is 5.10 Å². The summed E-state index contributed by atoms with van der Waals surface area (Å²) in [5.41, 5.74) is 0. The zero-order chi connectivity index (χ0) is 11.5. The average Bonchev–Trinajstić information content (AvgIpc) is 2.57. The van der Waals surface area contributed by atoms with Crippen molar-refractivity contribution in [3.8, 4) is 0 Å². The summed E-state index contributed by atoms with van der Waals surface area (Å²) in [5.74, 6) is 2.11. The minimum Gasteiger partial charge on any atom is -0.338 e. The molecule has 2 N–H and O–H groups in total. The van der Waals surface area contributed by atoms with E-state index in [9.17, 15) is 4.79 Å². The maximum atomic E-state index is 11.8. The van der Waals surface area contributed by atoms with Crippen LogP contribution in [0.5, 0.6) is 0 Å². The summed E-state index contributed by atoms with van der Waals surface area (Å²) in [6.45, 7) is 4.24. The molecule has 0 bridgehead atoms. The molecule has 16 heavy (non-hydrogen) atoms. The molecule has 0 radical (unpaired) electrons. The number of hydrogen-bond acceptors (Lipinski definition) is 4. The van der Waals surface area contributed by atoms with E-state index in [2.05, 4.69) is 20.5 Å². The fraction of sp³-hybridized carbons (Fsp3) is 0.700. The van der Waals surface area contributed by atoms with E-state index in [0.29, 0.717) is 24.7 Å². The van der Waals surface area contributed by atoms with E-state index < -0.39 is 0 Å². The molecule has 0 aromatic carbocycles. The number of aryl methyl sites for hydroxylation is 1. The predicted octanol–water partition coefficient (Wildman–Crippen LogP) is -0.319. The van der Waals surface area contributed by atoms with Crippen molar-refractivity contribution >= 4 is 5.91 Å². The highest BCUT2D eigenvalue weighted by Gasteiger charge is 2.22. The summed E-state index contributed by atoms with van der Waals surface area (Å²) >= 11 is 0. The van der Waals surface area contributed by atoms with Gasteiger partial charge in [-0.25, -0.2) is 4.98 Å². The van der Waals surface area contributed by atoms with E-state index in [1.165, 1.54) is 0 Å². The molecule has 2 heterocycles. The van der Waals surface area contributed by atoms with Crippen molar-refractivity contribution < 1.29 is 4.79 Å². The Morgan fingerprint density at radius 3 is 2.81 bits per heavy atom. The number of carbonyl (C=O) groups excluding carboxylic acids is 1. The number of hydrogen-bond donors (Lipinski definition) is 2. The van der Waals surface area contributed by atoms with Gasteiger partial charge in [0.15, 0.2) is 5.82 Å². The average molecular weight is 223 g/mol. The van der Waals surface area contributed by atoms with Gasteiger partial charge in [0, 0.05) is 13.5 Å². The number of amides is 1. The van der Waals surface area contributed by atoms with E-state index in [4.69, 9.17) is 0 Å². The van der Waals surface area contributed by atoms with Gasteiger partial charge in [0.05, 0.1) is 6.54 Å². The first-order valence-electron chi connectivity index (χ1n) is 5.47. The van der Waals surface area contributed by atoms with Crippen LogP contribution >= 0.6 is 0 Å². The molecular weight excluding hydrogens is 206 g/mol. The van der Waals surface area contributed by atoms with Crippen LogP contribution in [0.4, 0.5) is 0 Å². The Morgan fingerprint density at radius 2 is 2.31 bits per heavy atom. The first-order chi connectivity index (χ1) is 7.65. The van der Waals surface area contributed by atoms with E-state index in [1.54, 1.807) is 11.9 Å². The van der Waals surface area contributed by atoms with Crippen LogP contribution < -0.4 is 5.32 Å². The quantitative estimate of drug-likeness (QED) is 0.733. The summed E-state index contributed by atoms with van der Waals surface area (Å²) < 4.78 is 0. The molecule has 0 spiro atoms. The molecule has 6 heteroatoms. The van der Waals surface area contributed by atoms with Gasteiger partial charge >= 0.3 is 0 Å². The van der Waals surface area contributed by atoms with E-state index in [1.807, 2.05) is 6.92 Å². The Labute approximate surface area is 94.4 Å². The van der Waals surface area contributed by atoms with Gasteiger partial charge in [-0.05, 0) is 25.9 Å². The molecule has 6 nitrogen and oxygen atoms in total. The first kappa shape index (κ1) is 11.1. The minimum atomic E-state index is 0.161. The molecule has 1 amide bonds. The Hall–Kier alpha value is -1.43. The minimum absolute atomic E-state index is 0.161. The van der Waals surface area contributed by atoms with Crippen LogP contribution in [0.15, 0.2) is 0 Å². The first-order valence-corrected chi connectivity index (χ1v) is 5.47. The Balaban J connectivity index is 1.82. The second-order valence-electron chi connectivity index (χ2n) is 4.32. The van der Waals surface area contributed by atoms with Gasteiger partial charge < -0.3 is 10.2 Å². The van der Waals surface area contributed by atoms with Crippen molar-refractivity contribution in [1.29, 1.82) is 0 Å². The van der Waals surface area contributed by atoms with Crippen molar-refractivity contribution in [2.45, 2.75) is 19.9 Å². The van der Waals surface area contributed by atoms with Gasteiger partial charge in [-0.15, -0.1) is 0 Å². The predicted molar refractivity (Wildman–Crippen MR) is 58.6 cm³/mol. The lowest BCUT2D eigenvalue weighted by atomic mass is 9.99. The molecule has 1 aromatic rings. The number of nitrogens with zero attached hydrogens (tertiary/aromatic N) is 3. The van der Waals surface area contributed by atoms with Crippen molar-refractivity contribution in [3.63, 3.8) is 0 Å². The zero-order valence-corrected chi connectivity index (χ0v) is 9.66. The lowest BCUT2D eigenvalue weighted by molar-refractivity contribution is -0.131. The highest BCUT2D eigenvalue weighted by molar-refractivity contribution is 5.76. The Kier molecular flexibility index (Phi) is 3.19. The van der Waals surface area contributed by atoms with Crippen LogP contribution in [0.25, 0.3) is 0 Å². The topological polar surface area (TPSA) is 73.9 Å². The second kappa shape index (κ2) is 4.61. The molecule has 0 unspecified atom stereocenters. The standard InChI is InChI=1S/C10H17N5O/c1-7-12-9(14-13-7)6-15(2)10(16)3-8-4-11-5-8/h8,11H,3-6H2,1-2H3,(H,12,13,14). The number of H-pyrrole nitrogens is 1. The van der Waals surface area contributed by atoms with E-state index in [0.717, 1.165) is 18.9 Å². The van der Waals surface area contributed by atoms with Crippen LogP contribution in [0.2, 0.25) is 0 Å². The monoisotopic (exact) mass is 223 g/mol. The summed E-state index contributed by atoms with van der Waals surface area (Å²) in [4.78, 5) is 17.6. The van der Waals surface area contributed by atoms with Crippen molar-refractivity contribution in [2.75, 3.05) is 20.1 Å². The summed E-state index contributed by atoms with van der Waals surface area (Å²) in [5, 5.41) is 9.93. The van der Waals surface area contributed by atoms with Crippen molar-refractivity contribution in [1.82, 2.24) is 25.4 Å². The van der Waals surface area contributed by atoms with Crippen molar-refractivity contribution in [2.24, 2.45) is 5.92 Å². The Morgan fingerprint density at radius 1 is 1.56 bits per heavy atom. The smallest absolute Gasteiger partial charge is 0.223 e. The number of aromatic nitrogens is 3. The normalized spacial score (nSPS) is 15.9. The summed E-state index contributed by atoms with van der Waals surface area (Å²) in [6, 6.07) is 0. The molecule has 1 fully saturated rings. The molecule has 2 rings (SSSR count). The van der Waals surface area contributed by atoms with Gasteiger partial charge in [-0.1, -0.05) is 0 Å². The van der Waals surface area contributed by atoms with Crippen LogP contribution in [-0.4, -0.2) is 46.1 Å². The van der Waals surface area contributed by atoms with Crippen LogP contribution in [0.3, 0.4) is 0 Å². The lowest BCUT2D eigenvalue weighted by Crippen LogP contribution is -2.44. The van der Waals surface area contributed by atoms with Gasteiger partial charge in [0.25, 0.3) is 0 Å². The number of nitrogens with one attached hydrogen (secondary N) is 2. The molecule has 0 aliphatic carbocycles. The summed E-state index contributed by atoms with van der Waals surface area (Å²) in [6.07, 6.45) is 0.618. The number of rotatable bonds is 4. The van der Waals surface area contributed by atoms with Gasteiger partial charge in [0.2, 0.25) is 5.91 Å². The molecule has 1 saturated heterocycles. The van der Waals surface area contributed by atoms with Crippen LogP contribution in [0, 0.1) is 12.8 Å². The third-order valence-electron chi connectivity index (χ3n) is 2.78. The fourth-order valence-electron chi connectivity index (χ4n) is 1.66. The Bertz CT molecular complexity index is 371. The maximum absolute atomic E-state index is 11.8. The molecule has 88 valence electrons. The third kappa shape index (κ3) is 2.57. The van der Waals surface area contributed by atoms with E-state index >= 15 is 0 Å². The molecule has 1 aromatic heterocycles. The molecular formula is C10H17N5O. The lowest BCUT2D eigenvalue weighted by Gasteiger charge is -2.28. The molecule has 1 aliphatic rings. The molecule has 0 atom stereocenters. The summed E-state index contributed by atoms with van der Waals surface area (Å²) in [7, 11) is 1.79. The van der Waals surface area contributed by atoms with Gasteiger partial charge in [0.1, 0.15) is 5.82 Å². The highest BCUT2D eigenvalue weighted by Crippen LogP contribution is 2.10. The van der Waals surface area contributed by atoms with Crippen LogP contribution in [0.1, 0.15) is 18.1 Å². The number of aromatic amines is 1.